The van der Waals surface area contributed by atoms with Crippen LogP contribution in [0.2, 0.25) is 5.02 Å². The molecule has 1 atom stereocenters. The van der Waals surface area contributed by atoms with Crippen molar-refractivity contribution in [2.24, 2.45) is 0 Å². The first-order valence-corrected chi connectivity index (χ1v) is 16.6. The maximum Gasteiger partial charge on any atom is 0.264 e. The van der Waals surface area contributed by atoms with Crippen LogP contribution < -0.4 is 9.62 Å². The molecule has 4 rings (SSSR count). The zero-order chi connectivity index (χ0) is 32.8. The number of halogens is 1. The van der Waals surface area contributed by atoms with Crippen LogP contribution in [0.4, 0.5) is 5.69 Å². The first-order valence-electron chi connectivity index (χ1n) is 14.8. The molecule has 236 valence electrons. The van der Waals surface area contributed by atoms with Gasteiger partial charge in [0.25, 0.3) is 10.0 Å². The summed E-state index contributed by atoms with van der Waals surface area (Å²) in [6, 6.07) is 28.9. The highest BCUT2D eigenvalue weighted by molar-refractivity contribution is 7.92. The highest BCUT2D eigenvalue weighted by Crippen LogP contribution is 2.27. The molecule has 0 aliphatic heterocycles. The van der Waals surface area contributed by atoms with Gasteiger partial charge in [-0.05, 0) is 93.3 Å². The van der Waals surface area contributed by atoms with Crippen LogP contribution in [0.15, 0.2) is 108 Å². The van der Waals surface area contributed by atoms with Crippen LogP contribution in [0, 0.1) is 13.8 Å². The quantitative estimate of drug-likeness (QED) is 0.197. The van der Waals surface area contributed by atoms with Gasteiger partial charge in [-0.15, -0.1) is 0 Å². The third kappa shape index (κ3) is 8.96. The van der Waals surface area contributed by atoms with Crippen molar-refractivity contribution in [3.05, 3.63) is 130 Å². The Bertz CT molecular complexity index is 1720. The highest BCUT2D eigenvalue weighted by atomic mass is 35.5. The number of hydrogen-bond donors (Lipinski definition) is 1. The topological polar surface area (TPSA) is 86.8 Å². The van der Waals surface area contributed by atoms with E-state index >= 15 is 0 Å². The number of benzene rings is 4. The van der Waals surface area contributed by atoms with Gasteiger partial charge in [0.2, 0.25) is 11.8 Å². The summed E-state index contributed by atoms with van der Waals surface area (Å²) in [4.78, 5) is 30.0. The number of nitrogens with one attached hydrogen (secondary N) is 1. The molecule has 0 aliphatic rings. The van der Waals surface area contributed by atoms with E-state index in [-0.39, 0.29) is 23.8 Å². The van der Waals surface area contributed by atoms with E-state index in [1.54, 1.807) is 54.6 Å². The van der Waals surface area contributed by atoms with Gasteiger partial charge >= 0.3 is 0 Å². The van der Waals surface area contributed by atoms with Crippen molar-refractivity contribution in [3.8, 4) is 0 Å². The number of carbonyl (C=O) groups excluding carboxylic acids is 2. The number of nitrogens with zero attached hydrogens (tertiary/aromatic N) is 2. The number of carbonyl (C=O) groups is 2. The van der Waals surface area contributed by atoms with Crippen LogP contribution >= 0.6 is 11.6 Å². The minimum Gasteiger partial charge on any atom is -0.350 e. The smallest absolute Gasteiger partial charge is 0.264 e. The third-order valence-corrected chi connectivity index (χ3v) is 9.46. The number of hydrogen-bond acceptors (Lipinski definition) is 4. The molecule has 4 aromatic carbocycles. The van der Waals surface area contributed by atoms with Crippen LogP contribution in [0.25, 0.3) is 0 Å². The van der Waals surface area contributed by atoms with Crippen molar-refractivity contribution >= 4 is 39.1 Å². The van der Waals surface area contributed by atoms with Crippen molar-refractivity contribution in [1.29, 1.82) is 0 Å². The van der Waals surface area contributed by atoms with Gasteiger partial charge in [-0.2, -0.15) is 0 Å². The average Bonchev–Trinajstić information content (AvgIpc) is 3.00. The molecule has 2 amide bonds. The van der Waals surface area contributed by atoms with Crippen LogP contribution in [0.3, 0.4) is 0 Å². The van der Waals surface area contributed by atoms with Crippen LogP contribution in [-0.4, -0.2) is 43.3 Å². The summed E-state index contributed by atoms with van der Waals surface area (Å²) in [6.45, 7) is 9.03. The van der Waals surface area contributed by atoms with Gasteiger partial charge in [-0.25, -0.2) is 8.42 Å². The van der Waals surface area contributed by atoms with Crippen LogP contribution in [0.5, 0.6) is 0 Å². The maximum atomic E-state index is 14.5. The highest BCUT2D eigenvalue weighted by Gasteiger charge is 2.35. The molecule has 0 heterocycles. The molecule has 0 saturated carbocycles. The largest absolute Gasteiger partial charge is 0.350 e. The van der Waals surface area contributed by atoms with E-state index in [4.69, 9.17) is 11.6 Å². The predicted molar refractivity (Wildman–Crippen MR) is 181 cm³/mol. The molecule has 0 spiro atoms. The minimum atomic E-state index is -4.16. The van der Waals surface area contributed by atoms with Crippen LogP contribution in [0.1, 0.15) is 43.0 Å². The predicted octanol–water partition coefficient (Wildman–Crippen LogP) is 6.71. The second-order valence-electron chi connectivity index (χ2n) is 12.2. The summed E-state index contributed by atoms with van der Waals surface area (Å²) in [6.07, 6.45) is 0.233. The normalized spacial score (nSPS) is 12.3. The van der Waals surface area contributed by atoms with Gasteiger partial charge in [-0.3, -0.25) is 13.9 Å². The molecule has 0 fully saturated rings. The van der Waals surface area contributed by atoms with Gasteiger partial charge in [0.15, 0.2) is 0 Å². The molecular weight excluding hydrogens is 606 g/mol. The van der Waals surface area contributed by atoms with Crippen molar-refractivity contribution < 1.29 is 18.0 Å². The average molecular weight is 646 g/mol. The minimum absolute atomic E-state index is 0.0617. The molecule has 0 saturated heterocycles. The Hall–Kier alpha value is -4.14. The summed E-state index contributed by atoms with van der Waals surface area (Å²) < 4.78 is 29.4. The van der Waals surface area contributed by atoms with Crippen molar-refractivity contribution in [2.45, 2.75) is 64.1 Å². The summed E-state index contributed by atoms with van der Waals surface area (Å²) in [7, 11) is -4.16. The second-order valence-corrected chi connectivity index (χ2v) is 14.5. The summed E-state index contributed by atoms with van der Waals surface area (Å²) in [5.74, 6) is -0.856. The monoisotopic (exact) mass is 645 g/mol. The fourth-order valence-corrected chi connectivity index (χ4v) is 6.48. The lowest BCUT2D eigenvalue weighted by molar-refractivity contribution is -0.140. The molecular formula is C36H40ClN3O4S. The maximum absolute atomic E-state index is 14.5. The van der Waals surface area contributed by atoms with E-state index in [1.165, 1.54) is 17.0 Å². The molecule has 0 aliphatic carbocycles. The van der Waals surface area contributed by atoms with Gasteiger partial charge in [0.05, 0.1) is 10.6 Å². The number of rotatable bonds is 11. The molecule has 1 N–H and O–H groups in total. The standard InChI is InChI=1S/C36H40ClN3O4S/c1-26-16-21-31(22-27(26)2)40(45(43,44)32-14-10-7-11-15-32)25-34(41)39(24-29-17-19-30(37)20-18-29)33(35(42)38-36(3,4)5)23-28-12-8-6-9-13-28/h6-22,33H,23-25H2,1-5H3,(H,38,42)/t33-/m0/s1. The lowest BCUT2D eigenvalue weighted by Crippen LogP contribution is -2.56. The third-order valence-electron chi connectivity index (χ3n) is 7.42. The Labute approximate surface area is 271 Å². The fraction of sp³-hybridized carbons (Fsp3) is 0.278. The lowest BCUT2D eigenvalue weighted by Gasteiger charge is -2.35. The molecule has 45 heavy (non-hydrogen) atoms. The zero-order valence-corrected chi connectivity index (χ0v) is 27.9. The molecule has 7 nitrogen and oxygen atoms in total. The Kier molecular flexibility index (Phi) is 10.7. The number of sulfonamides is 1. The number of anilines is 1. The van der Waals surface area contributed by atoms with Gasteiger partial charge in [0.1, 0.15) is 12.6 Å². The van der Waals surface area contributed by atoms with E-state index < -0.39 is 34.1 Å². The van der Waals surface area contributed by atoms with E-state index in [9.17, 15) is 18.0 Å². The fourth-order valence-electron chi connectivity index (χ4n) is 4.92. The van der Waals surface area contributed by atoms with Crippen molar-refractivity contribution in [3.63, 3.8) is 0 Å². The Morgan fingerprint density at radius 2 is 1.40 bits per heavy atom. The molecule has 0 bridgehead atoms. The Morgan fingerprint density at radius 3 is 1.98 bits per heavy atom. The summed E-state index contributed by atoms with van der Waals surface area (Å²) in [5, 5.41) is 3.58. The number of amides is 2. The lowest BCUT2D eigenvalue weighted by atomic mass is 10.0. The first kappa shape index (κ1) is 33.7. The summed E-state index contributed by atoms with van der Waals surface area (Å²) in [5.41, 5.74) is 3.29. The van der Waals surface area contributed by atoms with Gasteiger partial charge in [-0.1, -0.05) is 78.3 Å². The molecule has 9 heteroatoms. The molecule has 4 aromatic rings. The van der Waals surface area contributed by atoms with Crippen LogP contribution in [-0.2, 0) is 32.6 Å². The second kappa shape index (κ2) is 14.3. The van der Waals surface area contributed by atoms with E-state index in [1.807, 2.05) is 71.0 Å². The first-order chi connectivity index (χ1) is 21.2. The zero-order valence-electron chi connectivity index (χ0n) is 26.3. The Balaban J connectivity index is 1.82. The summed E-state index contributed by atoms with van der Waals surface area (Å²) >= 11 is 6.15. The SMILES string of the molecule is Cc1ccc(N(CC(=O)N(Cc2ccc(Cl)cc2)[C@@H](Cc2ccccc2)C(=O)NC(C)(C)C)S(=O)(=O)c2ccccc2)cc1C. The van der Waals surface area contributed by atoms with Gasteiger partial charge in [0, 0.05) is 23.5 Å². The number of aryl methyl sites for hydroxylation is 2. The van der Waals surface area contributed by atoms with Crippen molar-refractivity contribution in [1.82, 2.24) is 10.2 Å². The van der Waals surface area contributed by atoms with Crippen molar-refractivity contribution in [2.75, 3.05) is 10.8 Å². The molecule has 0 radical (unpaired) electrons. The molecule has 0 unspecified atom stereocenters. The molecule has 0 aromatic heterocycles. The Morgan fingerprint density at radius 1 is 0.800 bits per heavy atom. The van der Waals surface area contributed by atoms with E-state index in [0.29, 0.717) is 10.7 Å². The van der Waals surface area contributed by atoms with Gasteiger partial charge < -0.3 is 10.2 Å². The van der Waals surface area contributed by atoms with E-state index in [0.717, 1.165) is 26.6 Å². The van der Waals surface area contributed by atoms with E-state index in [2.05, 4.69) is 5.32 Å².